The molecule has 1 aromatic carbocycles. The molecule has 1 aliphatic rings. The van der Waals surface area contributed by atoms with E-state index in [1.807, 2.05) is 19.1 Å². The van der Waals surface area contributed by atoms with Gasteiger partial charge < -0.3 is 9.64 Å². The molecular formula is C14H18INO2. The Bertz CT molecular complexity index is 434. The van der Waals surface area contributed by atoms with Crippen molar-refractivity contribution in [3.63, 3.8) is 0 Å². The third kappa shape index (κ3) is 2.96. The molecule has 3 nitrogen and oxygen atoms in total. The topological polar surface area (TPSA) is 29.5 Å². The number of carbonyl (C=O) groups excluding carboxylic acids is 1. The van der Waals surface area contributed by atoms with Gasteiger partial charge in [0.15, 0.2) is 0 Å². The molecule has 0 radical (unpaired) electrons. The average molecular weight is 359 g/mol. The van der Waals surface area contributed by atoms with Crippen LogP contribution in [0.15, 0.2) is 18.2 Å². The predicted molar refractivity (Wildman–Crippen MR) is 81.8 cm³/mol. The lowest BCUT2D eigenvalue weighted by atomic mass is 10.1. The minimum absolute atomic E-state index is 0.217. The molecule has 0 saturated carbocycles. The molecule has 0 unspecified atom stereocenters. The fraction of sp³-hybridized carbons (Fsp3) is 0.500. The molecule has 1 aromatic rings. The molecule has 1 heterocycles. The molecule has 2 rings (SSSR count). The normalized spacial score (nSPS) is 13.6. The van der Waals surface area contributed by atoms with Gasteiger partial charge in [0, 0.05) is 23.2 Å². The van der Waals surface area contributed by atoms with Crippen molar-refractivity contribution >= 4 is 34.2 Å². The van der Waals surface area contributed by atoms with Gasteiger partial charge in [-0.3, -0.25) is 0 Å². The first-order valence-corrected chi connectivity index (χ1v) is 7.89. The number of fused-ring (bicyclic) bond motifs is 1. The van der Waals surface area contributed by atoms with E-state index in [1.54, 1.807) is 0 Å². The molecule has 0 fully saturated rings. The van der Waals surface area contributed by atoms with Crippen LogP contribution in [0.1, 0.15) is 29.3 Å². The maximum absolute atomic E-state index is 11.7. The number of hydrogen-bond donors (Lipinski definition) is 0. The summed E-state index contributed by atoms with van der Waals surface area (Å²) in [5.41, 5.74) is 3.23. The van der Waals surface area contributed by atoms with Gasteiger partial charge in [-0.1, -0.05) is 22.6 Å². The first-order chi connectivity index (χ1) is 8.76. The quantitative estimate of drug-likeness (QED) is 0.460. The lowest BCUT2D eigenvalue weighted by molar-refractivity contribution is 0.0526. The Morgan fingerprint density at radius 1 is 1.50 bits per heavy atom. The van der Waals surface area contributed by atoms with Crippen LogP contribution < -0.4 is 4.90 Å². The van der Waals surface area contributed by atoms with Crippen LogP contribution in [0.25, 0.3) is 0 Å². The Labute approximate surface area is 122 Å². The number of rotatable bonds is 5. The van der Waals surface area contributed by atoms with Crippen molar-refractivity contribution in [2.24, 2.45) is 0 Å². The number of halogens is 1. The summed E-state index contributed by atoms with van der Waals surface area (Å²) < 4.78 is 6.21. The zero-order valence-electron chi connectivity index (χ0n) is 10.6. The largest absolute Gasteiger partial charge is 0.462 e. The summed E-state index contributed by atoms with van der Waals surface area (Å²) in [6.07, 6.45) is 2.24. The van der Waals surface area contributed by atoms with Crippen LogP contribution in [0.4, 0.5) is 5.69 Å². The van der Waals surface area contributed by atoms with Gasteiger partial charge in [0.25, 0.3) is 0 Å². The van der Waals surface area contributed by atoms with Crippen LogP contribution in [0.2, 0.25) is 0 Å². The Kier molecular flexibility index (Phi) is 4.86. The first kappa shape index (κ1) is 13.6. The molecule has 0 spiro atoms. The maximum Gasteiger partial charge on any atom is 0.338 e. The molecule has 18 heavy (non-hydrogen) atoms. The predicted octanol–water partition coefficient (Wildman–Crippen LogP) is 3.05. The second-order valence-electron chi connectivity index (χ2n) is 4.34. The van der Waals surface area contributed by atoms with Crippen molar-refractivity contribution in [1.82, 2.24) is 0 Å². The number of carbonyl (C=O) groups is 1. The van der Waals surface area contributed by atoms with E-state index in [0.29, 0.717) is 12.2 Å². The van der Waals surface area contributed by atoms with Gasteiger partial charge in [0.2, 0.25) is 0 Å². The number of esters is 1. The van der Waals surface area contributed by atoms with Gasteiger partial charge in [0.05, 0.1) is 12.2 Å². The molecule has 4 heteroatoms. The van der Waals surface area contributed by atoms with E-state index in [2.05, 4.69) is 33.6 Å². The fourth-order valence-corrected chi connectivity index (χ4v) is 2.64. The van der Waals surface area contributed by atoms with Crippen molar-refractivity contribution in [1.29, 1.82) is 0 Å². The van der Waals surface area contributed by atoms with Crippen LogP contribution in [0, 0.1) is 0 Å². The molecule has 0 bridgehead atoms. The maximum atomic E-state index is 11.7. The Balaban J connectivity index is 2.12. The second-order valence-corrected chi connectivity index (χ2v) is 5.42. The first-order valence-electron chi connectivity index (χ1n) is 6.37. The van der Waals surface area contributed by atoms with Crippen molar-refractivity contribution in [2.45, 2.75) is 19.8 Å². The van der Waals surface area contributed by atoms with E-state index in [1.165, 1.54) is 22.1 Å². The molecule has 0 N–H and O–H groups in total. The van der Waals surface area contributed by atoms with Gasteiger partial charge >= 0.3 is 5.97 Å². The minimum atomic E-state index is -0.217. The van der Waals surface area contributed by atoms with Crippen molar-refractivity contribution in [3.05, 3.63) is 29.3 Å². The van der Waals surface area contributed by atoms with Crippen molar-refractivity contribution in [3.8, 4) is 0 Å². The third-order valence-corrected chi connectivity index (χ3v) is 3.91. The van der Waals surface area contributed by atoms with Crippen LogP contribution >= 0.6 is 22.6 Å². The SMILES string of the molecule is CCOC(=O)c1ccc2c(c1)CCN2CCCI. The summed E-state index contributed by atoms with van der Waals surface area (Å²) in [5.74, 6) is -0.217. The number of ether oxygens (including phenoxy) is 1. The summed E-state index contributed by atoms with van der Waals surface area (Å²) in [4.78, 5) is 14.1. The molecule has 0 amide bonds. The second kappa shape index (κ2) is 6.41. The molecule has 1 aliphatic heterocycles. The summed E-state index contributed by atoms with van der Waals surface area (Å²) in [5, 5.41) is 0. The van der Waals surface area contributed by atoms with E-state index < -0.39 is 0 Å². The van der Waals surface area contributed by atoms with Gasteiger partial charge in [-0.2, -0.15) is 0 Å². The van der Waals surface area contributed by atoms with Crippen LogP contribution in [-0.2, 0) is 11.2 Å². The number of anilines is 1. The van der Waals surface area contributed by atoms with E-state index in [-0.39, 0.29) is 5.97 Å². The molecule has 0 atom stereocenters. The Morgan fingerprint density at radius 3 is 3.06 bits per heavy atom. The highest BCUT2D eigenvalue weighted by atomic mass is 127. The number of nitrogens with zero attached hydrogens (tertiary/aromatic N) is 1. The Morgan fingerprint density at radius 2 is 2.33 bits per heavy atom. The van der Waals surface area contributed by atoms with Crippen LogP contribution in [0.5, 0.6) is 0 Å². The lowest BCUT2D eigenvalue weighted by Gasteiger charge is -2.18. The lowest BCUT2D eigenvalue weighted by Crippen LogP contribution is -2.21. The smallest absolute Gasteiger partial charge is 0.338 e. The molecule has 98 valence electrons. The highest BCUT2D eigenvalue weighted by Gasteiger charge is 2.20. The number of alkyl halides is 1. The zero-order valence-corrected chi connectivity index (χ0v) is 12.8. The zero-order chi connectivity index (χ0) is 13.0. The van der Waals surface area contributed by atoms with Crippen LogP contribution in [0.3, 0.4) is 0 Å². The van der Waals surface area contributed by atoms with Crippen LogP contribution in [-0.4, -0.2) is 30.1 Å². The molecule has 0 aromatic heterocycles. The van der Waals surface area contributed by atoms with Gasteiger partial charge in [0.1, 0.15) is 0 Å². The summed E-state index contributed by atoms with van der Waals surface area (Å²) >= 11 is 2.41. The standard InChI is InChI=1S/C14H18INO2/c1-2-18-14(17)12-4-5-13-11(10-12)6-9-16(13)8-3-7-15/h4-5,10H,2-3,6-9H2,1H3. The van der Waals surface area contributed by atoms with E-state index in [0.717, 1.165) is 19.5 Å². The number of benzene rings is 1. The molecular weight excluding hydrogens is 341 g/mol. The average Bonchev–Trinajstić information content (AvgIpc) is 2.79. The van der Waals surface area contributed by atoms with Gasteiger partial charge in [-0.25, -0.2) is 4.79 Å². The fourth-order valence-electron chi connectivity index (χ4n) is 2.29. The molecule has 0 aliphatic carbocycles. The Hall–Kier alpha value is -0.780. The van der Waals surface area contributed by atoms with Gasteiger partial charge in [-0.15, -0.1) is 0 Å². The highest BCUT2D eigenvalue weighted by Crippen LogP contribution is 2.29. The highest BCUT2D eigenvalue weighted by molar-refractivity contribution is 14.1. The third-order valence-electron chi connectivity index (χ3n) is 3.14. The van der Waals surface area contributed by atoms with Crippen molar-refractivity contribution in [2.75, 3.05) is 29.0 Å². The monoisotopic (exact) mass is 359 g/mol. The summed E-state index contributed by atoms with van der Waals surface area (Å²) in [6, 6.07) is 5.92. The summed E-state index contributed by atoms with van der Waals surface area (Å²) in [6.45, 7) is 4.43. The van der Waals surface area contributed by atoms with Crippen molar-refractivity contribution < 1.29 is 9.53 Å². The number of hydrogen-bond acceptors (Lipinski definition) is 3. The van der Waals surface area contributed by atoms with E-state index >= 15 is 0 Å². The van der Waals surface area contributed by atoms with Gasteiger partial charge in [-0.05, 0) is 43.5 Å². The molecule has 0 saturated heterocycles. The van der Waals surface area contributed by atoms with E-state index in [4.69, 9.17) is 4.74 Å². The van der Waals surface area contributed by atoms with E-state index in [9.17, 15) is 4.79 Å². The minimum Gasteiger partial charge on any atom is -0.462 e. The summed E-state index contributed by atoms with van der Waals surface area (Å²) in [7, 11) is 0.